The predicted octanol–water partition coefficient (Wildman–Crippen LogP) is 2.74. The van der Waals surface area contributed by atoms with Crippen LogP contribution in [0.25, 0.3) is 0 Å². The number of benzene rings is 1. The number of likely N-dealkylation sites (tertiary alicyclic amines) is 1. The SMILES string of the molecule is O=C1C(Cc2c(O)cccc2Cl)CCN1C1CCCC(O)C1. The monoisotopic (exact) mass is 323 g/mol. The van der Waals surface area contributed by atoms with E-state index < -0.39 is 0 Å². The third kappa shape index (κ3) is 3.08. The van der Waals surface area contributed by atoms with Crippen molar-refractivity contribution < 1.29 is 15.0 Å². The van der Waals surface area contributed by atoms with E-state index in [-0.39, 0.29) is 29.7 Å². The zero-order valence-corrected chi connectivity index (χ0v) is 13.3. The topological polar surface area (TPSA) is 60.8 Å². The highest BCUT2D eigenvalue weighted by molar-refractivity contribution is 6.31. The largest absolute Gasteiger partial charge is 0.508 e. The summed E-state index contributed by atoms with van der Waals surface area (Å²) in [6, 6.07) is 5.22. The van der Waals surface area contributed by atoms with Crippen LogP contribution in [0.15, 0.2) is 18.2 Å². The minimum absolute atomic E-state index is 0.120. The van der Waals surface area contributed by atoms with Crippen molar-refractivity contribution in [3.8, 4) is 5.75 Å². The molecule has 1 aromatic carbocycles. The number of phenols is 1. The summed E-state index contributed by atoms with van der Waals surface area (Å²) in [6.07, 6.45) is 4.48. The first-order valence-electron chi connectivity index (χ1n) is 8.01. The molecule has 0 bridgehead atoms. The molecule has 0 radical (unpaired) electrons. The van der Waals surface area contributed by atoms with Crippen LogP contribution in [0.5, 0.6) is 5.75 Å². The Hall–Kier alpha value is -1.26. The van der Waals surface area contributed by atoms with Gasteiger partial charge in [-0.15, -0.1) is 0 Å². The van der Waals surface area contributed by atoms with Gasteiger partial charge in [0.05, 0.1) is 6.10 Å². The van der Waals surface area contributed by atoms with Crippen LogP contribution in [0.4, 0.5) is 0 Å². The number of rotatable bonds is 3. The molecule has 0 spiro atoms. The maximum atomic E-state index is 12.7. The molecule has 5 heteroatoms. The lowest BCUT2D eigenvalue weighted by Crippen LogP contribution is -2.42. The van der Waals surface area contributed by atoms with Crippen molar-refractivity contribution in [2.75, 3.05) is 6.54 Å². The van der Waals surface area contributed by atoms with Crippen LogP contribution in [-0.4, -0.2) is 39.7 Å². The molecule has 2 N–H and O–H groups in total. The van der Waals surface area contributed by atoms with Crippen molar-refractivity contribution in [1.82, 2.24) is 4.90 Å². The molecule has 1 aliphatic heterocycles. The maximum absolute atomic E-state index is 12.7. The molecule has 1 saturated heterocycles. The standard InChI is InChI=1S/C17H22ClNO3/c18-15-5-2-6-16(21)14(15)9-11-7-8-19(17(11)22)12-3-1-4-13(20)10-12/h2,5-6,11-13,20-21H,1,3-4,7-10H2. The van der Waals surface area contributed by atoms with E-state index in [1.54, 1.807) is 18.2 Å². The summed E-state index contributed by atoms with van der Waals surface area (Å²) >= 11 is 6.14. The van der Waals surface area contributed by atoms with Crippen molar-refractivity contribution in [3.63, 3.8) is 0 Å². The molecular formula is C17H22ClNO3. The average molecular weight is 324 g/mol. The molecule has 3 atom stereocenters. The number of carbonyl (C=O) groups excluding carboxylic acids is 1. The van der Waals surface area contributed by atoms with Gasteiger partial charge in [-0.2, -0.15) is 0 Å². The lowest BCUT2D eigenvalue weighted by molar-refractivity contribution is -0.134. The summed E-state index contributed by atoms with van der Waals surface area (Å²) in [5.41, 5.74) is 0.660. The Bertz CT molecular complexity index is 543. The van der Waals surface area contributed by atoms with Crippen LogP contribution in [-0.2, 0) is 11.2 Å². The number of halogens is 1. The first kappa shape index (κ1) is 15.6. The number of nitrogens with zero attached hydrogens (tertiary/aromatic N) is 1. The van der Waals surface area contributed by atoms with Gasteiger partial charge in [-0.1, -0.05) is 17.7 Å². The van der Waals surface area contributed by atoms with Gasteiger partial charge in [0.25, 0.3) is 0 Å². The number of aliphatic hydroxyl groups is 1. The Kier molecular flexibility index (Phi) is 4.59. The molecule has 1 amide bonds. The average Bonchev–Trinajstić information content (AvgIpc) is 2.84. The Morgan fingerprint density at radius 1 is 1.27 bits per heavy atom. The molecule has 2 fully saturated rings. The van der Waals surface area contributed by atoms with Gasteiger partial charge in [-0.25, -0.2) is 0 Å². The quantitative estimate of drug-likeness (QED) is 0.899. The van der Waals surface area contributed by atoms with E-state index in [1.165, 1.54) is 0 Å². The fraction of sp³-hybridized carbons (Fsp3) is 0.588. The van der Waals surface area contributed by atoms with E-state index in [0.717, 1.165) is 32.2 Å². The summed E-state index contributed by atoms with van der Waals surface area (Å²) in [6.45, 7) is 0.742. The third-order valence-electron chi connectivity index (χ3n) is 4.96. The Morgan fingerprint density at radius 2 is 2.09 bits per heavy atom. The summed E-state index contributed by atoms with van der Waals surface area (Å²) < 4.78 is 0. The highest BCUT2D eigenvalue weighted by atomic mass is 35.5. The Balaban J connectivity index is 1.69. The van der Waals surface area contributed by atoms with Crippen LogP contribution in [0.1, 0.15) is 37.7 Å². The number of aliphatic hydroxyl groups excluding tert-OH is 1. The summed E-state index contributed by atoms with van der Waals surface area (Å²) in [4.78, 5) is 14.6. The molecule has 4 nitrogen and oxygen atoms in total. The number of carbonyl (C=O) groups is 1. The molecule has 1 heterocycles. The van der Waals surface area contributed by atoms with Crippen LogP contribution in [0.3, 0.4) is 0 Å². The van der Waals surface area contributed by atoms with E-state index in [0.29, 0.717) is 23.4 Å². The van der Waals surface area contributed by atoms with Gasteiger partial charge in [0.15, 0.2) is 0 Å². The van der Waals surface area contributed by atoms with Gasteiger partial charge in [0, 0.05) is 29.1 Å². The molecule has 3 rings (SSSR count). The Morgan fingerprint density at radius 3 is 2.82 bits per heavy atom. The third-order valence-corrected chi connectivity index (χ3v) is 5.31. The molecule has 22 heavy (non-hydrogen) atoms. The van der Waals surface area contributed by atoms with Gasteiger partial charge < -0.3 is 15.1 Å². The summed E-state index contributed by atoms with van der Waals surface area (Å²) in [5.74, 6) is 0.176. The minimum atomic E-state index is -0.279. The zero-order chi connectivity index (χ0) is 15.7. The number of hydrogen-bond acceptors (Lipinski definition) is 3. The molecule has 1 aliphatic carbocycles. The highest BCUT2D eigenvalue weighted by Crippen LogP contribution is 2.34. The normalized spacial score (nSPS) is 29.1. The molecule has 1 saturated carbocycles. The van der Waals surface area contributed by atoms with Crippen molar-refractivity contribution in [2.24, 2.45) is 5.92 Å². The number of phenolic OH excluding ortho intramolecular Hbond substituents is 1. The molecular weight excluding hydrogens is 302 g/mol. The molecule has 3 unspecified atom stereocenters. The van der Waals surface area contributed by atoms with Crippen LogP contribution in [0, 0.1) is 5.92 Å². The van der Waals surface area contributed by atoms with Gasteiger partial charge in [-0.3, -0.25) is 4.79 Å². The molecule has 2 aliphatic rings. The summed E-state index contributed by atoms with van der Waals surface area (Å²) in [7, 11) is 0. The van der Waals surface area contributed by atoms with Gasteiger partial charge >= 0.3 is 0 Å². The highest BCUT2D eigenvalue weighted by Gasteiger charge is 2.37. The van der Waals surface area contributed by atoms with Crippen molar-refractivity contribution in [1.29, 1.82) is 0 Å². The van der Waals surface area contributed by atoms with Gasteiger partial charge in [-0.05, 0) is 50.7 Å². The smallest absolute Gasteiger partial charge is 0.226 e. The lowest BCUT2D eigenvalue weighted by atomic mass is 9.92. The second-order valence-corrected chi connectivity index (χ2v) is 6.84. The van der Waals surface area contributed by atoms with Gasteiger partial charge in [0.2, 0.25) is 5.91 Å². The van der Waals surface area contributed by atoms with Crippen LogP contribution < -0.4 is 0 Å². The van der Waals surface area contributed by atoms with E-state index in [2.05, 4.69) is 0 Å². The van der Waals surface area contributed by atoms with E-state index in [9.17, 15) is 15.0 Å². The lowest BCUT2D eigenvalue weighted by Gasteiger charge is -2.33. The maximum Gasteiger partial charge on any atom is 0.226 e. The van der Waals surface area contributed by atoms with E-state index >= 15 is 0 Å². The summed E-state index contributed by atoms with van der Waals surface area (Å²) in [5, 5.41) is 20.3. The van der Waals surface area contributed by atoms with Crippen molar-refractivity contribution in [2.45, 2.75) is 50.7 Å². The zero-order valence-electron chi connectivity index (χ0n) is 12.5. The number of hydrogen-bond donors (Lipinski definition) is 2. The molecule has 1 aromatic rings. The first-order chi connectivity index (χ1) is 10.6. The number of amides is 1. The first-order valence-corrected chi connectivity index (χ1v) is 8.39. The fourth-order valence-electron chi connectivity index (χ4n) is 3.73. The fourth-order valence-corrected chi connectivity index (χ4v) is 3.98. The predicted molar refractivity (Wildman–Crippen MR) is 84.9 cm³/mol. The van der Waals surface area contributed by atoms with Crippen LogP contribution >= 0.6 is 11.6 Å². The molecule has 0 aromatic heterocycles. The van der Waals surface area contributed by atoms with E-state index in [4.69, 9.17) is 11.6 Å². The number of aromatic hydroxyl groups is 1. The van der Waals surface area contributed by atoms with Crippen molar-refractivity contribution in [3.05, 3.63) is 28.8 Å². The minimum Gasteiger partial charge on any atom is -0.508 e. The second kappa shape index (κ2) is 6.47. The Labute approximate surface area is 135 Å². The second-order valence-electron chi connectivity index (χ2n) is 6.43. The van der Waals surface area contributed by atoms with E-state index in [1.807, 2.05) is 4.90 Å². The van der Waals surface area contributed by atoms with Crippen molar-refractivity contribution >= 4 is 17.5 Å². The van der Waals surface area contributed by atoms with Crippen LogP contribution in [0.2, 0.25) is 5.02 Å². The van der Waals surface area contributed by atoms with Gasteiger partial charge in [0.1, 0.15) is 5.75 Å². The molecule has 120 valence electrons.